The van der Waals surface area contributed by atoms with E-state index in [2.05, 4.69) is 0 Å². The number of nitrogens with two attached hydrogens (primary N) is 1. The SMILES string of the molecule is NCC(F)(F)C12CC(C1)C2. The predicted molar refractivity (Wildman–Crippen MR) is 33.8 cm³/mol. The first-order valence-electron chi connectivity index (χ1n) is 3.68. The molecule has 0 unspecified atom stereocenters. The molecular weight excluding hydrogens is 136 g/mol. The van der Waals surface area contributed by atoms with Crippen LogP contribution in [0, 0.1) is 11.3 Å². The molecule has 0 amide bonds. The van der Waals surface area contributed by atoms with Crippen molar-refractivity contribution in [1.82, 2.24) is 0 Å². The van der Waals surface area contributed by atoms with E-state index in [-0.39, 0.29) is 0 Å². The van der Waals surface area contributed by atoms with E-state index < -0.39 is 17.9 Å². The second kappa shape index (κ2) is 1.52. The van der Waals surface area contributed by atoms with E-state index in [1.54, 1.807) is 0 Å². The number of alkyl halides is 2. The lowest BCUT2D eigenvalue weighted by Gasteiger charge is -2.64. The third kappa shape index (κ3) is 0.506. The van der Waals surface area contributed by atoms with Gasteiger partial charge >= 0.3 is 0 Å². The molecule has 0 heterocycles. The third-order valence-corrected chi connectivity index (χ3v) is 3.07. The summed E-state index contributed by atoms with van der Waals surface area (Å²) in [6.45, 7) is -0.473. The highest BCUT2D eigenvalue weighted by Crippen LogP contribution is 2.70. The first kappa shape index (κ1) is 6.53. The third-order valence-electron chi connectivity index (χ3n) is 3.07. The van der Waals surface area contributed by atoms with Crippen molar-refractivity contribution >= 4 is 0 Å². The van der Waals surface area contributed by atoms with Gasteiger partial charge in [0.15, 0.2) is 0 Å². The molecule has 0 aromatic heterocycles. The Morgan fingerprint density at radius 3 is 2.00 bits per heavy atom. The highest BCUT2D eigenvalue weighted by Gasteiger charge is 2.68. The van der Waals surface area contributed by atoms with Gasteiger partial charge in [-0.25, -0.2) is 8.78 Å². The minimum atomic E-state index is -2.58. The topological polar surface area (TPSA) is 26.0 Å². The van der Waals surface area contributed by atoms with E-state index >= 15 is 0 Å². The molecule has 0 atom stereocenters. The molecule has 3 fully saturated rings. The maximum atomic E-state index is 12.9. The van der Waals surface area contributed by atoms with Gasteiger partial charge in [0.1, 0.15) is 0 Å². The Morgan fingerprint density at radius 1 is 1.40 bits per heavy atom. The summed E-state index contributed by atoms with van der Waals surface area (Å²) in [5.74, 6) is -1.97. The fraction of sp³-hybridized carbons (Fsp3) is 1.00. The first-order chi connectivity index (χ1) is 4.60. The van der Waals surface area contributed by atoms with Crippen LogP contribution in [-0.4, -0.2) is 12.5 Å². The number of hydrogen-bond donors (Lipinski definition) is 1. The molecule has 3 aliphatic rings. The van der Waals surface area contributed by atoms with Gasteiger partial charge in [0, 0.05) is 5.41 Å². The van der Waals surface area contributed by atoms with Crippen molar-refractivity contribution in [2.75, 3.05) is 6.54 Å². The lowest BCUT2D eigenvalue weighted by molar-refractivity contribution is -0.258. The predicted octanol–water partition coefficient (Wildman–Crippen LogP) is 1.38. The molecule has 0 aromatic carbocycles. The number of halogens is 2. The summed E-state index contributed by atoms with van der Waals surface area (Å²) < 4.78 is 25.8. The smallest absolute Gasteiger partial charge is 0.265 e. The van der Waals surface area contributed by atoms with Gasteiger partial charge in [-0.3, -0.25) is 0 Å². The van der Waals surface area contributed by atoms with Crippen molar-refractivity contribution < 1.29 is 8.78 Å². The van der Waals surface area contributed by atoms with Gasteiger partial charge in [-0.2, -0.15) is 0 Å². The van der Waals surface area contributed by atoms with Crippen molar-refractivity contribution in [3.8, 4) is 0 Å². The van der Waals surface area contributed by atoms with Crippen molar-refractivity contribution in [3.63, 3.8) is 0 Å². The number of hydrogen-bond acceptors (Lipinski definition) is 1. The van der Waals surface area contributed by atoms with E-state index in [1.165, 1.54) is 0 Å². The summed E-state index contributed by atoms with van der Waals surface area (Å²) in [4.78, 5) is 0. The summed E-state index contributed by atoms with van der Waals surface area (Å²) in [6, 6.07) is 0. The van der Waals surface area contributed by atoms with Crippen LogP contribution in [-0.2, 0) is 0 Å². The van der Waals surface area contributed by atoms with Crippen molar-refractivity contribution in [1.29, 1.82) is 0 Å². The summed E-state index contributed by atoms with van der Waals surface area (Å²) in [5, 5.41) is 0. The average molecular weight is 147 g/mol. The van der Waals surface area contributed by atoms with Crippen LogP contribution in [0.25, 0.3) is 0 Å². The van der Waals surface area contributed by atoms with Crippen molar-refractivity contribution in [3.05, 3.63) is 0 Å². The van der Waals surface area contributed by atoms with Crippen molar-refractivity contribution in [2.24, 2.45) is 17.1 Å². The summed E-state index contributed by atoms with van der Waals surface area (Å²) in [5.41, 5.74) is 4.33. The highest BCUT2D eigenvalue weighted by atomic mass is 19.3. The molecule has 0 spiro atoms. The molecule has 3 rings (SSSR count). The zero-order chi connectivity index (χ0) is 7.41. The molecule has 3 heteroatoms. The standard InChI is InChI=1S/C7H11F2N/c8-7(9,4-10)6-1-5(2-6)3-6/h5H,1-4,10H2. The fourth-order valence-electron chi connectivity index (χ4n) is 2.14. The van der Waals surface area contributed by atoms with Gasteiger partial charge in [-0.1, -0.05) is 0 Å². The summed E-state index contributed by atoms with van der Waals surface area (Å²) >= 11 is 0. The van der Waals surface area contributed by atoms with E-state index in [4.69, 9.17) is 5.73 Å². The van der Waals surface area contributed by atoms with Crippen LogP contribution in [0.5, 0.6) is 0 Å². The second-order valence-electron chi connectivity index (χ2n) is 3.67. The Kier molecular flexibility index (Phi) is 0.994. The van der Waals surface area contributed by atoms with Crippen LogP contribution in [0.15, 0.2) is 0 Å². The summed E-state index contributed by atoms with van der Waals surface area (Å²) in [6.07, 6.45) is 2.16. The molecule has 1 nitrogen and oxygen atoms in total. The van der Waals surface area contributed by atoms with Crippen LogP contribution in [0.1, 0.15) is 19.3 Å². The molecule has 0 saturated heterocycles. The normalized spacial score (nSPS) is 44.1. The molecular formula is C7H11F2N. The van der Waals surface area contributed by atoms with E-state index in [0.717, 1.165) is 19.3 Å². The lowest BCUT2D eigenvalue weighted by atomic mass is 9.42. The van der Waals surface area contributed by atoms with E-state index in [9.17, 15) is 8.78 Å². The van der Waals surface area contributed by atoms with Crippen LogP contribution >= 0.6 is 0 Å². The molecule has 3 saturated carbocycles. The Balaban J connectivity index is 2.09. The highest BCUT2D eigenvalue weighted by molar-refractivity contribution is 5.13. The zero-order valence-corrected chi connectivity index (χ0v) is 5.74. The molecule has 3 aliphatic carbocycles. The Morgan fingerprint density at radius 2 is 1.90 bits per heavy atom. The molecule has 58 valence electrons. The van der Waals surface area contributed by atoms with Gasteiger partial charge in [0.2, 0.25) is 0 Å². The van der Waals surface area contributed by atoms with Crippen LogP contribution < -0.4 is 5.73 Å². The molecule has 2 bridgehead atoms. The van der Waals surface area contributed by atoms with Crippen LogP contribution in [0.2, 0.25) is 0 Å². The molecule has 0 radical (unpaired) electrons. The van der Waals surface area contributed by atoms with Gasteiger partial charge in [0.25, 0.3) is 5.92 Å². The lowest BCUT2D eigenvalue weighted by Crippen LogP contribution is -2.64. The summed E-state index contributed by atoms with van der Waals surface area (Å²) in [7, 11) is 0. The molecule has 0 aliphatic heterocycles. The monoisotopic (exact) mass is 147 g/mol. The largest absolute Gasteiger partial charge is 0.325 e. The molecule has 10 heavy (non-hydrogen) atoms. The van der Waals surface area contributed by atoms with Gasteiger partial charge in [-0.05, 0) is 25.2 Å². The molecule has 2 N–H and O–H groups in total. The Bertz CT molecular complexity index is 147. The quantitative estimate of drug-likeness (QED) is 0.627. The zero-order valence-electron chi connectivity index (χ0n) is 5.74. The first-order valence-corrected chi connectivity index (χ1v) is 3.68. The maximum Gasteiger partial charge on any atom is 0.265 e. The average Bonchev–Trinajstić information content (AvgIpc) is 1.55. The van der Waals surface area contributed by atoms with E-state index in [1.807, 2.05) is 0 Å². The second-order valence-corrected chi connectivity index (χ2v) is 3.67. The minimum Gasteiger partial charge on any atom is -0.325 e. The van der Waals surface area contributed by atoms with Crippen molar-refractivity contribution in [2.45, 2.75) is 25.2 Å². The van der Waals surface area contributed by atoms with Gasteiger partial charge < -0.3 is 5.73 Å². The fourth-order valence-corrected chi connectivity index (χ4v) is 2.14. The van der Waals surface area contributed by atoms with Crippen LogP contribution in [0.3, 0.4) is 0 Å². The van der Waals surface area contributed by atoms with Crippen LogP contribution in [0.4, 0.5) is 8.78 Å². The molecule has 0 aromatic rings. The van der Waals surface area contributed by atoms with E-state index in [0.29, 0.717) is 5.92 Å². The van der Waals surface area contributed by atoms with Gasteiger partial charge in [-0.15, -0.1) is 0 Å². The Labute approximate surface area is 58.6 Å². The minimum absolute atomic E-state index is 0.473. The maximum absolute atomic E-state index is 12.9. The van der Waals surface area contributed by atoms with Gasteiger partial charge in [0.05, 0.1) is 6.54 Å². The number of rotatable bonds is 2. The Hall–Kier alpha value is -0.180.